The Morgan fingerprint density at radius 1 is 1.19 bits per heavy atom. The van der Waals surface area contributed by atoms with Crippen LogP contribution in [0.3, 0.4) is 0 Å². The minimum absolute atomic E-state index is 0.626. The molecule has 3 rings (SSSR count). The summed E-state index contributed by atoms with van der Waals surface area (Å²) < 4.78 is 0. The van der Waals surface area contributed by atoms with Gasteiger partial charge >= 0.3 is 0 Å². The van der Waals surface area contributed by atoms with Gasteiger partial charge in [0, 0.05) is 12.6 Å². The molecule has 0 radical (unpaired) electrons. The first-order valence-electron chi connectivity index (χ1n) is 6.09. The van der Waals surface area contributed by atoms with Crippen molar-refractivity contribution in [2.45, 2.75) is 49.9 Å². The smallest absolute Gasteiger partial charge is 0.131 e. The summed E-state index contributed by atoms with van der Waals surface area (Å²) in [4.78, 5) is 0. The van der Waals surface area contributed by atoms with E-state index in [1.54, 1.807) is 11.3 Å². The minimum Gasteiger partial charge on any atom is -0.308 e. The molecule has 0 bridgehead atoms. The largest absolute Gasteiger partial charge is 0.308 e. The Morgan fingerprint density at radius 3 is 2.88 bits per heavy atom. The van der Waals surface area contributed by atoms with Gasteiger partial charge in [-0.1, -0.05) is 17.8 Å². The molecular formula is C11H17N3S2. The van der Waals surface area contributed by atoms with E-state index in [4.69, 9.17) is 0 Å². The summed E-state index contributed by atoms with van der Waals surface area (Å²) in [6.45, 7) is 0.916. The maximum Gasteiger partial charge on any atom is 0.131 e. The summed E-state index contributed by atoms with van der Waals surface area (Å²) in [5, 5.41) is 15.2. The maximum absolute atomic E-state index is 4.35. The van der Waals surface area contributed by atoms with Crippen molar-refractivity contribution in [2.24, 2.45) is 0 Å². The predicted octanol–water partition coefficient (Wildman–Crippen LogP) is 2.75. The minimum atomic E-state index is 0.626. The van der Waals surface area contributed by atoms with Gasteiger partial charge in [-0.05, 0) is 31.4 Å². The van der Waals surface area contributed by atoms with Crippen LogP contribution in [0.2, 0.25) is 0 Å². The number of thioether (sulfide) groups is 1. The highest BCUT2D eigenvalue weighted by Crippen LogP contribution is 2.39. The lowest BCUT2D eigenvalue weighted by molar-refractivity contribution is 0.669. The zero-order valence-electron chi connectivity index (χ0n) is 9.32. The SMILES string of the molecule is C1CCC(c2nnc(CNC3CC3)s2)SC1. The van der Waals surface area contributed by atoms with E-state index in [9.17, 15) is 0 Å². The molecule has 3 nitrogen and oxygen atoms in total. The van der Waals surface area contributed by atoms with Crippen molar-refractivity contribution in [1.29, 1.82) is 0 Å². The summed E-state index contributed by atoms with van der Waals surface area (Å²) in [5.41, 5.74) is 0. The molecule has 1 saturated heterocycles. The standard InChI is InChI=1S/C11H17N3S2/c1-2-6-15-9(3-1)11-14-13-10(16-11)7-12-8-4-5-8/h8-9,12H,1-7H2. The summed E-state index contributed by atoms with van der Waals surface area (Å²) in [6.07, 6.45) is 6.69. The molecular weight excluding hydrogens is 238 g/mol. The fourth-order valence-corrected chi connectivity index (χ4v) is 4.26. The predicted molar refractivity (Wildman–Crippen MR) is 68.8 cm³/mol. The molecule has 1 unspecified atom stereocenters. The number of aromatic nitrogens is 2. The van der Waals surface area contributed by atoms with Crippen molar-refractivity contribution in [1.82, 2.24) is 15.5 Å². The van der Waals surface area contributed by atoms with Gasteiger partial charge in [-0.15, -0.1) is 10.2 Å². The molecule has 0 aromatic carbocycles. The molecule has 1 saturated carbocycles. The third-order valence-corrected chi connectivity index (χ3v) is 5.63. The molecule has 88 valence electrons. The van der Waals surface area contributed by atoms with Gasteiger partial charge in [-0.25, -0.2) is 0 Å². The number of hydrogen-bond donors (Lipinski definition) is 1. The van der Waals surface area contributed by atoms with E-state index in [1.807, 2.05) is 0 Å². The lowest BCUT2D eigenvalue weighted by Crippen LogP contribution is -2.14. The van der Waals surface area contributed by atoms with Gasteiger partial charge in [0.1, 0.15) is 10.0 Å². The Bertz CT molecular complexity index is 343. The Kier molecular flexibility index (Phi) is 3.45. The molecule has 1 aromatic heterocycles. The van der Waals surface area contributed by atoms with Gasteiger partial charge in [0.15, 0.2) is 0 Å². The summed E-state index contributed by atoms with van der Waals surface area (Å²) in [7, 11) is 0. The molecule has 0 spiro atoms. The van der Waals surface area contributed by atoms with Crippen LogP contribution in [0.1, 0.15) is 47.4 Å². The van der Waals surface area contributed by atoms with E-state index in [0.29, 0.717) is 5.25 Å². The van der Waals surface area contributed by atoms with Crippen LogP contribution in [-0.4, -0.2) is 22.0 Å². The van der Waals surface area contributed by atoms with Crippen LogP contribution in [0.5, 0.6) is 0 Å². The fourth-order valence-electron chi connectivity index (χ4n) is 1.92. The molecule has 1 aliphatic heterocycles. The Morgan fingerprint density at radius 2 is 2.12 bits per heavy atom. The topological polar surface area (TPSA) is 37.8 Å². The van der Waals surface area contributed by atoms with Crippen molar-refractivity contribution in [3.8, 4) is 0 Å². The normalized spacial score (nSPS) is 25.9. The van der Waals surface area contributed by atoms with Crippen LogP contribution < -0.4 is 5.32 Å². The van der Waals surface area contributed by atoms with Crippen LogP contribution in [-0.2, 0) is 6.54 Å². The third-order valence-electron chi connectivity index (χ3n) is 3.06. The van der Waals surface area contributed by atoms with Crippen LogP contribution in [0, 0.1) is 0 Å². The highest BCUT2D eigenvalue weighted by molar-refractivity contribution is 7.99. The first-order valence-corrected chi connectivity index (χ1v) is 7.95. The van der Waals surface area contributed by atoms with Gasteiger partial charge in [0.05, 0.1) is 5.25 Å². The molecule has 0 amide bonds. The van der Waals surface area contributed by atoms with Gasteiger partial charge in [-0.2, -0.15) is 11.8 Å². The number of hydrogen-bond acceptors (Lipinski definition) is 5. The Hall–Kier alpha value is -0.130. The van der Waals surface area contributed by atoms with Crippen molar-refractivity contribution < 1.29 is 0 Å². The Balaban J connectivity index is 1.57. The second kappa shape index (κ2) is 5.02. The molecule has 2 heterocycles. The molecule has 1 atom stereocenters. The second-order valence-corrected chi connectivity index (χ2v) is 6.95. The molecule has 2 fully saturated rings. The van der Waals surface area contributed by atoms with Crippen LogP contribution in [0.4, 0.5) is 0 Å². The zero-order chi connectivity index (χ0) is 10.8. The summed E-state index contributed by atoms with van der Waals surface area (Å²) in [5.74, 6) is 1.29. The van der Waals surface area contributed by atoms with Gasteiger partial charge in [0.2, 0.25) is 0 Å². The number of nitrogens with zero attached hydrogens (tertiary/aromatic N) is 2. The van der Waals surface area contributed by atoms with Gasteiger partial charge < -0.3 is 5.32 Å². The Labute approximate surface area is 104 Å². The van der Waals surface area contributed by atoms with Crippen molar-refractivity contribution in [2.75, 3.05) is 5.75 Å². The van der Waals surface area contributed by atoms with E-state index >= 15 is 0 Å². The third kappa shape index (κ3) is 2.76. The van der Waals surface area contributed by atoms with Gasteiger partial charge in [-0.3, -0.25) is 0 Å². The van der Waals surface area contributed by atoms with Crippen molar-refractivity contribution in [3.05, 3.63) is 10.0 Å². The lowest BCUT2D eigenvalue weighted by atomic mass is 10.2. The van der Waals surface area contributed by atoms with E-state index < -0.39 is 0 Å². The van der Waals surface area contributed by atoms with E-state index in [2.05, 4.69) is 27.3 Å². The number of rotatable bonds is 4. The first-order chi connectivity index (χ1) is 7.92. The number of nitrogens with one attached hydrogen (secondary N) is 1. The molecule has 16 heavy (non-hydrogen) atoms. The highest BCUT2D eigenvalue weighted by Gasteiger charge is 2.22. The lowest BCUT2D eigenvalue weighted by Gasteiger charge is -2.17. The van der Waals surface area contributed by atoms with Gasteiger partial charge in [0.25, 0.3) is 0 Å². The van der Waals surface area contributed by atoms with Crippen LogP contribution in [0.15, 0.2) is 0 Å². The van der Waals surface area contributed by atoms with Crippen molar-refractivity contribution in [3.63, 3.8) is 0 Å². The van der Waals surface area contributed by atoms with E-state index in [1.165, 1.54) is 42.9 Å². The second-order valence-electron chi connectivity index (χ2n) is 4.54. The molecule has 2 aliphatic rings. The van der Waals surface area contributed by atoms with Crippen LogP contribution in [0.25, 0.3) is 0 Å². The maximum atomic E-state index is 4.35. The molecule has 1 aliphatic carbocycles. The van der Waals surface area contributed by atoms with Crippen LogP contribution >= 0.6 is 23.1 Å². The summed E-state index contributed by atoms with van der Waals surface area (Å²) in [6, 6.07) is 0.761. The highest BCUT2D eigenvalue weighted by atomic mass is 32.2. The first kappa shape index (κ1) is 11.0. The average Bonchev–Trinajstić information content (AvgIpc) is 3.05. The monoisotopic (exact) mass is 255 g/mol. The average molecular weight is 255 g/mol. The molecule has 1 N–H and O–H groups in total. The summed E-state index contributed by atoms with van der Waals surface area (Å²) >= 11 is 3.86. The fraction of sp³-hybridized carbons (Fsp3) is 0.818. The quantitative estimate of drug-likeness (QED) is 0.898. The zero-order valence-corrected chi connectivity index (χ0v) is 10.9. The van der Waals surface area contributed by atoms with E-state index in [-0.39, 0.29) is 0 Å². The molecule has 5 heteroatoms. The van der Waals surface area contributed by atoms with Crippen molar-refractivity contribution >= 4 is 23.1 Å². The molecule has 1 aromatic rings. The van der Waals surface area contributed by atoms with E-state index in [0.717, 1.165) is 17.6 Å².